The van der Waals surface area contributed by atoms with E-state index in [-0.39, 0.29) is 23.8 Å². The first-order chi connectivity index (χ1) is 12.5. The Hall–Kier alpha value is -1.64. The van der Waals surface area contributed by atoms with E-state index in [1.165, 1.54) is 6.42 Å². The van der Waals surface area contributed by atoms with Crippen molar-refractivity contribution in [1.82, 2.24) is 14.9 Å². The number of fused-ring (bicyclic) bond motifs is 1. The van der Waals surface area contributed by atoms with Crippen molar-refractivity contribution in [2.45, 2.75) is 31.3 Å². The van der Waals surface area contributed by atoms with Crippen LogP contribution >= 0.6 is 11.6 Å². The number of carbonyl (C=O) groups excluding carboxylic acids is 1. The molecule has 2 saturated heterocycles. The van der Waals surface area contributed by atoms with E-state index in [4.69, 9.17) is 21.1 Å². The molecule has 26 heavy (non-hydrogen) atoms. The molecule has 8 nitrogen and oxygen atoms in total. The third-order valence-corrected chi connectivity index (χ3v) is 5.69. The van der Waals surface area contributed by atoms with Crippen LogP contribution < -0.4 is 14.5 Å². The first-order valence-electron chi connectivity index (χ1n) is 9.06. The number of anilines is 2. The van der Waals surface area contributed by atoms with Gasteiger partial charge >= 0.3 is 0 Å². The van der Waals surface area contributed by atoms with E-state index in [2.05, 4.69) is 21.9 Å². The first kappa shape index (κ1) is 17.8. The van der Waals surface area contributed by atoms with E-state index in [1.54, 1.807) is 11.9 Å². The van der Waals surface area contributed by atoms with Crippen LogP contribution in [-0.2, 0) is 9.53 Å². The highest BCUT2D eigenvalue weighted by Gasteiger charge is 2.37. The molecular formula is C17H24ClN5O3. The molecule has 0 radical (unpaired) electrons. The Bertz CT molecular complexity index is 697. The van der Waals surface area contributed by atoms with Crippen molar-refractivity contribution in [2.75, 3.05) is 56.8 Å². The number of halogens is 1. The van der Waals surface area contributed by atoms with Gasteiger partial charge in [0.25, 0.3) is 0 Å². The lowest BCUT2D eigenvalue weighted by molar-refractivity contribution is -0.117. The summed E-state index contributed by atoms with van der Waals surface area (Å²) < 4.78 is 11.5. The number of hydrogen-bond donors (Lipinski definition) is 0. The second kappa shape index (κ2) is 7.17. The third kappa shape index (κ3) is 3.21. The van der Waals surface area contributed by atoms with Gasteiger partial charge in [0.15, 0.2) is 5.82 Å². The number of hydrogen-bond acceptors (Lipinski definition) is 7. The van der Waals surface area contributed by atoms with Gasteiger partial charge in [0.2, 0.25) is 17.1 Å². The Balaban J connectivity index is 1.65. The molecule has 0 saturated carbocycles. The molecule has 2 fully saturated rings. The van der Waals surface area contributed by atoms with Crippen LogP contribution in [0.5, 0.6) is 5.88 Å². The Morgan fingerprint density at radius 1 is 1.31 bits per heavy atom. The van der Waals surface area contributed by atoms with Gasteiger partial charge < -0.3 is 24.2 Å². The lowest BCUT2D eigenvalue weighted by Gasteiger charge is -2.37. The van der Waals surface area contributed by atoms with Crippen LogP contribution in [0.1, 0.15) is 19.3 Å². The fraction of sp³-hybridized carbons (Fsp3) is 0.706. The van der Waals surface area contributed by atoms with Crippen molar-refractivity contribution in [1.29, 1.82) is 0 Å². The maximum absolute atomic E-state index is 12.6. The Kier molecular flexibility index (Phi) is 4.90. The number of carbonyl (C=O) groups is 1. The van der Waals surface area contributed by atoms with Gasteiger partial charge in [-0.25, -0.2) is 0 Å². The van der Waals surface area contributed by atoms with Crippen molar-refractivity contribution in [3.8, 4) is 5.88 Å². The average molecular weight is 382 g/mol. The molecule has 4 heterocycles. The average Bonchev–Trinajstić information content (AvgIpc) is 3.27. The van der Waals surface area contributed by atoms with E-state index < -0.39 is 0 Å². The number of amides is 1. The van der Waals surface area contributed by atoms with Crippen molar-refractivity contribution >= 4 is 29.0 Å². The Morgan fingerprint density at radius 3 is 2.85 bits per heavy atom. The molecule has 0 aromatic carbocycles. The van der Waals surface area contributed by atoms with Crippen LogP contribution in [0.3, 0.4) is 0 Å². The molecule has 0 aliphatic carbocycles. The zero-order valence-electron chi connectivity index (χ0n) is 15.2. The molecule has 0 N–H and O–H groups in total. The van der Waals surface area contributed by atoms with Gasteiger partial charge in [-0.05, 0) is 44.5 Å². The van der Waals surface area contributed by atoms with E-state index >= 15 is 0 Å². The molecule has 1 aromatic rings. The molecular weight excluding hydrogens is 358 g/mol. The van der Waals surface area contributed by atoms with Crippen LogP contribution in [0.2, 0.25) is 5.28 Å². The molecule has 3 aliphatic rings. The first-order valence-corrected chi connectivity index (χ1v) is 9.44. The molecule has 2 atom stereocenters. The molecule has 1 aromatic heterocycles. The second-order valence-corrected chi connectivity index (χ2v) is 7.49. The Labute approximate surface area is 158 Å². The topological polar surface area (TPSA) is 71.0 Å². The normalized spacial score (nSPS) is 26.5. The number of aromatic nitrogens is 2. The van der Waals surface area contributed by atoms with Crippen molar-refractivity contribution in [3.63, 3.8) is 0 Å². The standard InChI is InChI=1S/C17H24ClN5O3/c1-21-6-3-4-11(21)10-26-16-14-15(19-17(18)20-16)23(8-13(24)22(14)2)12-5-7-25-9-12/h11-12H,3-10H2,1-2H3/t11-,12+/m0/s1. The number of likely N-dealkylation sites (tertiary alicyclic amines) is 1. The monoisotopic (exact) mass is 381 g/mol. The van der Waals surface area contributed by atoms with Gasteiger partial charge in [-0.3, -0.25) is 4.79 Å². The van der Waals surface area contributed by atoms with E-state index in [0.29, 0.717) is 43.2 Å². The number of ether oxygens (including phenoxy) is 2. The molecule has 1 amide bonds. The highest BCUT2D eigenvalue weighted by Crippen LogP contribution is 2.40. The summed E-state index contributed by atoms with van der Waals surface area (Å²) in [4.78, 5) is 27.1. The summed E-state index contributed by atoms with van der Waals surface area (Å²) in [5.74, 6) is 1.01. The molecule has 0 spiro atoms. The third-order valence-electron chi connectivity index (χ3n) is 5.52. The summed E-state index contributed by atoms with van der Waals surface area (Å²) in [6.45, 7) is 3.13. The summed E-state index contributed by atoms with van der Waals surface area (Å²) >= 11 is 6.19. The minimum Gasteiger partial charge on any atom is -0.474 e. The van der Waals surface area contributed by atoms with E-state index in [1.807, 2.05) is 4.90 Å². The van der Waals surface area contributed by atoms with Gasteiger partial charge in [0, 0.05) is 19.7 Å². The minimum absolute atomic E-state index is 0.0156. The van der Waals surface area contributed by atoms with Gasteiger partial charge in [0.05, 0.1) is 19.2 Å². The van der Waals surface area contributed by atoms with Gasteiger partial charge in [-0.2, -0.15) is 9.97 Å². The lowest BCUT2D eigenvalue weighted by Crippen LogP contribution is -2.49. The van der Waals surface area contributed by atoms with Crippen molar-refractivity contribution < 1.29 is 14.3 Å². The van der Waals surface area contributed by atoms with Crippen LogP contribution in [0.25, 0.3) is 0 Å². The van der Waals surface area contributed by atoms with Crippen LogP contribution in [0.4, 0.5) is 11.5 Å². The number of likely N-dealkylation sites (N-methyl/N-ethyl adjacent to an activating group) is 2. The molecule has 9 heteroatoms. The van der Waals surface area contributed by atoms with Gasteiger partial charge in [0.1, 0.15) is 12.3 Å². The molecule has 0 bridgehead atoms. The Morgan fingerprint density at radius 2 is 2.15 bits per heavy atom. The summed E-state index contributed by atoms with van der Waals surface area (Å²) in [6, 6.07) is 0.467. The molecule has 0 unspecified atom stereocenters. The SMILES string of the molecule is CN1C(=O)CN([C@@H]2CCOC2)c2nc(Cl)nc(OC[C@@H]3CCCN3C)c21. The highest BCUT2D eigenvalue weighted by molar-refractivity contribution is 6.28. The largest absolute Gasteiger partial charge is 0.474 e. The predicted octanol–water partition coefficient (Wildman–Crippen LogP) is 1.17. The predicted molar refractivity (Wildman–Crippen MR) is 98.2 cm³/mol. The van der Waals surface area contributed by atoms with Gasteiger partial charge in [-0.1, -0.05) is 0 Å². The summed E-state index contributed by atoms with van der Waals surface area (Å²) in [6.07, 6.45) is 3.12. The van der Waals surface area contributed by atoms with Crippen LogP contribution in [0.15, 0.2) is 0 Å². The molecule has 142 valence electrons. The van der Waals surface area contributed by atoms with E-state index in [0.717, 1.165) is 19.4 Å². The second-order valence-electron chi connectivity index (χ2n) is 7.16. The maximum Gasteiger partial charge on any atom is 0.246 e. The maximum atomic E-state index is 12.6. The van der Waals surface area contributed by atoms with Crippen molar-refractivity contribution in [2.24, 2.45) is 0 Å². The summed E-state index contributed by atoms with van der Waals surface area (Å²) in [5, 5.41) is 0.130. The quantitative estimate of drug-likeness (QED) is 0.725. The summed E-state index contributed by atoms with van der Waals surface area (Å²) in [7, 11) is 3.83. The van der Waals surface area contributed by atoms with Gasteiger partial charge in [-0.15, -0.1) is 0 Å². The smallest absolute Gasteiger partial charge is 0.246 e. The van der Waals surface area contributed by atoms with Crippen LogP contribution in [-0.4, -0.2) is 79.9 Å². The fourth-order valence-corrected chi connectivity index (χ4v) is 4.04. The summed E-state index contributed by atoms with van der Waals surface area (Å²) in [5.41, 5.74) is 0.596. The zero-order chi connectivity index (χ0) is 18.3. The minimum atomic E-state index is -0.0156. The fourth-order valence-electron chi connectivity index (χ4n) is 3.88. The zero-order valence-corrected chi connectivity index (χ0v) is 15.9. The highest BCUT2D eigenvalue weighted by atomic mass is 35.5. The van der Waals surface area contributed by atoms with Crippen molar-refractivity contribution in [3.05, 3.63) is 5.28 Å². The molecule has 3 aliphatic heterocycles. The number of rotatable bonds is 4. The van der Waals surface area contributed by atoms with Crippen LogP contribution in [0, 0.1) is 0 Å². The molecule has 4 rings (SSSR count). The van der Waals surface area contributed by atoms with E-state index in [9.17, 15) is 4.79 Å². The number of nitrogens with zero attached hydrogens (tertiary/aromatic N) is 5. The lowest BCUT2D eigenvalue weighted by atomic mass is 10.1.